The molecule has 0 aliphatic carbocycles. The van der Waals surface area contributed by atoms with Crippen LogP contribution in [0, 0.1) is 0 Å². The summed E-state index contributed by atoms with van der Waals surface area (Å²) in [7, 11) is 1.63. The molecule has 3 aromatic carbocycles. The summed E-state index contributed by atoms with van der Waals surface area (Å²) < 4.78 is 12.1. The van der Waals surface area contributed by atoms with Crippen LogP contribution in [-0.4, -0.2) is 13.4 Å². The molecule has 0 saturated heterocycles. The number of halogens is 1. The summed E-state index contributed by atoms with van der Waals surface area (Å²) in [6.07, 6.45) is 0.846. The van der Waals surface area contributed by atoms with Crippen molar-refractivity contribution in [2.75, 3.05) is 7.11 Å². The second kappa shape index (κ2) is 6.84. The number of carbonyl (C=O) groups is 1. The van der Waals surface area contributed by atoms with Gasteiger partial charge >= 0.3 is 0 Å². The number of aldehydes is 1. The number of methoxy groups -OCH3 is 1. The van der Waals surface area contributed by atoms with Crippen molar-refractivity contribution in [3.63, 3.8) is 0 Å². The van der Waals surface area contributed by atoms with E-state index in [-0.39, 0.29) is 0 Å². The van der Waals surface area contributed by atoms with Gasteiger partial charge in [0.15, 0.2) is 6.29 Å². The lowest BCUT2D eigenvalue weighted by Crippen LogP contribution is -2.00. The van der Waals surface area contributed by atoms with E-state index in [0.29, 0.717) is 17.9 Å². The highest BCUT2D eigenvalue weighted by atomic mass is 79.9. The molecule has 0 N–H and O–H groups in total. The molecule has 4 heteroatoms. The molecular weight excluding hydrogens is 356 g/mol. The van der Waals surface area contributed by atoms with Gasteiger partial charge in [-0.15, -0.1) is 0 Å². The van der Waals surface area contributed by atoms with E-state index < -0.39 is 0 Å². The lowest BCUT2D eigenvalue weighted by Gasteiger charge is -2.12. The number of carbonyl (C=O) groups excluding carboxylic acids is 1. The molecule has 23 heavy (non-hydrogen) atoms. The highest BCUT2D eigenvalue weighted by molar-refractivity contribution is 9.10. The van der Waals surface area contributed by atoms with E-state index in [0.717, 1.165) is 32.8 Å². The van der Waals surface area contributed by atoms with Gasteiger partial charge in [-0.3, -0.25) is 4.79 Å². The standard InChI is InChI=1S/C19H15BrO3/c1-22-15-7-8-18(20)14(10-15)12-23-19-9-6-13-4-2-3-5-16(13)17(19)11-21/h2-11H,12H2,1H3. The first kappa shape index (κ1) is 15.6. The van der Waals surface area contributed by atoms with Crippen LogP contribution in [0.25, 0.3) is 10.8 Å². The predicted octanol–water partition coefficient (Wildman–Crippen LogP) is 5.00. The molecule has 0 unspecified atom stereocenters. The van der Waals surface area contributed by atoms with Gasteiger partial charge in [0.05, 0.1) is 12.7 Å². The van der Waals surface area contributed by atoms with Crippen molar-refractivity contribution in [2.45, 2.75) is 6.61 Å². The quantitative estimate of drug-likeness (QED) is 0.592. The SMILES string of the molecule is COc1ccc(Br)c(COc2ccc3ccccc3c2C=O)c1. The lowest BCUT2D eigenvalue weighted by molar-refractivity contribution is 0.112. The Morgan fingerprint density at radius 1 is 1.09 bits per heavy atom. The van der Waals surface area contributed by atoms with Crippen LogP contribution in [-0.2, 0) is 6.61 Å². The van der Waals surface area contributed by atoms with E-state index in [1.165, 1.54) is 0 Å². The molecule has 0 aliphatic rings. The van der Waals surface area contributed by atoms with E-state index in [1.54, 1.807) is 7.11 Å². The van der Waals surface area contributed by atoms with Crippen molar-refractivity contribution in [3.8, 4) is 11.5 Å². The Hall–Kier alpha value is -2.33. The molecule has 0 spiro atoms. The van der Waals surface area contributed by atoms with Gasteiger partial charge in [-0.05, 0) is 35.0 Å². The number of hydrogen-bond acceptors (Lipinski definition) is 3. The number of benzene rings is 3. The van der Waals surface area contributed by atoms with Crippen LogP contribution >= 0.6 is 15.9 Å². The molecule has 3 nitrogen and oxygen atoms in total. The summed E-state index contributed by atoms with van der Waals surface area (Å²) in [5, 5.41) is 1.91. The fourth-order valence-electron chi connectivity index (χ4n) is 2.47. The normalized spacial score (nSPS) is 10.5. The van der Waals surface area contributed by atoms with Crippen molar-refractivity contribution in [1.82, 2.24) is 0 Å². The summed E-state index contributed by atoms with van der Waals surface area (Å²) in [5.74, 6) is 1.34. The topological polar surface area (TPSA) is 35.5 Å². The second-order valence-electron chi connectivity index (χ2n) is 5.06. The van der Waals surface area contributed by atoms with Crippen molar-refractivity contribution in [1.29, 1.82) is 0 Å². The molecule has 0 aliphatic heterocycles. The number of rotatable bonds is 5. The van der Waals surface area contributed by atoms with Gasteiger partial charge < -0.3 is 9.47 Å². The van der Waals surface area contributed by atoms with E-state index in [4.69, 9.17) is 9.47 Å². The van der Waals surface area contributed by atoms with Crippen LogP contribution in [0.15, 0.2) is 59.1 Å². The Labute approximate surface area is 143 Å². The third-order valence-corrected chi connectivity index (χ3v) is 4.46. The maximum atomic E-state index is 11.5. The summed E-state index contributed by atoms with van der Waals surface area (Å²) in [5.41, 5.74) is 1.52. The van der Waals surface area contributed by atoms with Gasteiger partial charge in [0.25, 0.3) is 0 Å². The van der Waals surface area contributed by atoms with Crippen LogP contribution in [0.1, 0.15) is 15.9 Å². The van der Waals surface area contributed by atoms with E-state index in [2.05, 4.69) is 15.9 Å². The Kier molecular flexibility index (Phi) is 4.63. The van der Waals surface area contributed by atoms with Crippen LogP contribution < -0.4 is 9.47 Å². The van der Waals surface area contributed by atoms with Crippen LogP contribution in [0.2, 0.25) is 0 Å². The van der Waals surface area contributed by atoms with Crippen LogP contribution in [0.4, 0.5) is 0 Å². The molecule has 0 fully saturated rings. The van der Waals surface area contributed by atoms with Crippen LogP contribution in [0.3, 0.4) is 0 Å². The van der Waals surface area contributed by atoms with E-state index >= 15 is 0 Å². The third kappa shape index (κ3) is 3.22. The maximum absolute atomic E-state index is 11.5. The van der Waals surface area contributed by atoms with Crippen molar-refractivity contribution in [2.24, 2.45) is 0 Å². The van der Waals surface area contributed by atoms with Gasteiger partial charge in [-0.2, -0.15) is 0 Å². The monoisotopic (exact) mass is 370 g/mol. The Balaban J connectivity index is 1.92. The minimum Gasteiger partial charge on any atom is -0.497 e. The minimum atomic E-state index is 0.344. The molecule has 0 atom stereocenters. The first-order chi connectivity index (χ1) is 11.2. The summed E-state index contributed by atoms with van der Waals surface area (Å²) in [6.45, 7) is 0.344. The summed E-state index contributed by atoms with van der Waals surface area (Å²) in [4.78, 5) is 11.5. The van der Waals surface area contributed by atoms with Gasteiger partial charge in [0, 0.05) is 10.0 Å². The fourth-order valence-corrected chi connectivity index (χ4v) is 2.83. The first-order valence-electron chi connectivity index (χ1n) is 7.15. The zero-order valence-electron chi connectivity index (χ0n) is 12.6. The Morgan fingerprint density at radius 3 is 2.70 bits per heavy atom. The number of ether oxygens (including phenoxy) is 2. The van der Waals surface area contributed by atoms with Gasteiger partial charge in [-0.25, -0.2) is 0 Å². The van der Waals surface area contributed by atoms with Crippen molar-refractivity contribution >= 4 is 33.0 Å². The Morgan fingerprint density at radius 2 is 1.91 bits per heavy atom. The van der Waals surface area contributed by atoms with Crippen LogP contribution in [0.5, 0.6) is 11.5 Å². The second-order valence-corrected chi connectivity index (χ2v) is 5.92. The summed E-state index contributed by atoms with van der Waals surface area (Å²) in [6, 6.07) is 17.3. The summed E-state index contributed by atoms with van der Waals surface area (Å²) >= 11 is 3.50. The van der Waals surface area contributed by atoms with Gasteiger partial charge in [-0.1, -0.05) is 46.3 Å². The zero-order chi connectivity index (χ0) is 16.2. The average Bonchev–Trinajstić information content (AvgIpc) is 2.60. The molecule has 116 valence electrons. The largest absolute Gasteiger partial charge is 0.497 e. The maximum Gasteiger partial charge on any atom is 0.154 e. The smallest absolute Gasteiger partial charge is 0.154 e. The van der Waals surface area contributed by atoms with E-state index in [9.17, 15) is 4.79 Å². The molecule has 0 saturated carbocycles. The van der Waals surface area contributed by atoms with Gasteiger partial charge in [0.1, 0.15) is 18.1 Å². The molecule has 3 aromatic rings. The predicted molar refractivity (Wildman–Crippen MR) is 94.4 cm³/mol. The molecule has 0 bridgehead atoms. The average molecular weight is 371 g/mol. The Bertz CT molecular complexity index is 858. The molecule has 0 aromatic heterocycles. The molecule has 0 heterocycles. The van der Waals surface area contributed by atoms with Gasteiger partial charge in [0.2, 0.25) is 0 Å². The van der Waals surface area contributed by atoms with E-state index in [1.807, 2.05) is 54.6 Å². The molecule has 0 radical (unpaired) electrons. The number of fused-ring (bicyclic) bond motifs is 1. The fraction of sp³-hybridized carbons (Fsp3) is 0.105. The highest BCUT2D eigenvalue weighted by Gasteiger charge is 2.09. The lowest BCUT2D eigenvalue weighted by atomic mass is 10.0. The number of hydrogen-bond donors (Lipinski definition) is 0. The molecule has 0 amide bonds. The highest BCUT2D eigenvalue weighted by Crippen LogP contribution is 2.29. The van der Waals surface area contributed by atoms with Crippen molar-refractivity contribution in [3.05, 3.63) is 70.2 Å². The molecular formula is C19H15BrO3. The third-order valence-electron chi connectivity index (χ3n) is 3.68. The van der Waals surface area contributed by atoms with Crippen molar-refractivity contribution < 1.29 is 14.3 Å². The first-order valence-corrected chi connectivity index (χ1v) is 7.94. The minimum absolute atomic E-state index is 0.344. The zero-order valence-corrected chi connectivity index (χ0v) is 14.2. The molecule has 3 rings (SSSR count).